The van der Waals surface area contributed by atoms with Crippen LogP contribution in [-0.2, 0) is 9.53 Å². The maximum absolute atomic E-state index is 12.2. The molecule has 128 valence electrons. The summed E-state index contributed by atoms with van der Waals surface area (Å²) in [7, 11) is 1.32. The fourth-order valence-corrected chi connectivity index (χ4v) is 2.96. The predicted molar refractivity (Wildman–Crippen MR) is 90.5 cm³/mol. The number of nitrogens with zero attached hydrogens (tertiary/aromatic N) is 1. The zero-order valence-corrected chi connectivity index (χ0v) is 13.9. The predicted octanol–water partition coefficient (Wildman–Crippen LogP) is 2.62. The average molecular weight is 329 g/mol. The lowest BCUT2D eigenvalue weighted by Crippen LogP contribution is -2.48. The van der Waals surface area contributed by atoms with Gasteiger partial charge in [0.15, 0.2) is 0 Å². The summed E-state index contributed by atoms with van der Waals surface area (Å²) in [6, 6.07) is 9.06. The molecule has 1 aromatic rings. The molecular formula is C18H23N3O3. The molecule has 6 nitrogen and oxygen atoms in total. The largest absolute Gasteiger partial charge is 0.465 e. The summed E-state index contributed by atoms with van der Waals surface area (Å²) < 4.78 is 4.67. The molecular weight excluding hydrogens is 306 g/mol. The van der Waals surface area contributed by atoms with Gasteiger partial charge in [0.25, 0.3) is 0 Å². The quantitative estimate of drug-likeness (QED) is 0.640. The van der Waals surface area contributed by atoms with Crippen molar-refractivity contribution < 1.29 is 14.3 Å². The van der Waals surface area contributed by atoms with Gasteiger partial charge in [-0.05, 0) is 31.0 Å². The van der Waals surface area contributed by atoms with Crippen molar-refractivity contribution in [3.8, 4) is 6.07 Å². The van der Waals surface area contributed by atoms with Gasteiger partial charge in [-0.25, -0.2) is 4.79 Å². The Hall–Kier alpha value is -2.55. The van der Waals surface area contributed by atoms with Crippen molar-refractivity contribution in [2.24, 2.45) is 0 Å². The minimum absolute atomic E-state index is 0.0497. The molecule has 0 radical (unpaired) electrons. The second-order valence-corrected chi connectivity index (χ2v) is 6.08. The first-order chi connectivity index (χ1) is 11.6. The van der Waals surface area contributed by atoms with E-state index in [-0.39, 0.29) is 12.5 Å². The number of amides is 1. The third-order valence-electron chi connectivity index (χ3n) is 4.29. The van der Waals surface area contributed by atoms with E-state index < -0.39 is 11.5 Å². The monoisotopic (exact) mass is 329 g/mol. The van der Waals surface area contributed by atoms with Crippen LogP contribution >= 0.6 is 0 Å². The number of rotatable bonds is 5. The highest BCUT2D eigenvalue weighted by atomic mass is 16.5. The summed E-state index contributed by atoms with van der Waals surface area (Å²) in [5.74, 6) is -0.646. The van der Waals surface area contributed by atoms with Crippen LogP contribution in [0.5, 0.6) is 0 Å². The van der Waals surface area contributed by atoms with Gasteiger partial charge < -0.3 is 15.4 Å². The zero-order chi connectivity index (χ0) is 17.4. The number of carbonyl (C=O) groups excluding carboxylic acids is 2. The number of benzene rings is 1. The van der Waals surface area contributed by atoms with Crippen molar-refractivity contribution in [2.75, 3.05) is 19.0 Å². The molecule has 0 unspecified atom stereocenters. The molecule has 2 N–H and O–H groups in total. The Labute approximate surface area is 142 Å². The lowest BCUT2D eigenvalue weighted by atomic mass is 9.92. The van der Waals surface area contributed by atoms with Gasteiger partial charge in [-0.2, -0.15) is 5.26 Å². The molecule has 0 heterocycles. The summed E-state index contributed by atoms with van der Waals surface area (Å²) in [5, 5.41) is 15.4. The number of nitrogens with one attached hydrogen (secondary N) is 2. The molecule has 1 fully saturated rings. The highest BCUT2D eigenvalue weighted by molar-refractivity contribution is 5.90. The van der Waals surface area contributed by atoms with E-state index in [9.17, 15) is 14.9 Å². The number of hydrogen-bond donors (Lipinski definition) is 2. The van der Waals surface area contributed by atoms with E-state index in [4.69, 9.17) is 0 Å². The van der Waals surface area contributed by atoms with Crippen LogP contribution in [0.3, 0.4) is 0 Å². The van der Waals surface area contributed by atoms with Crippen molar-refractivity contribution in [2.45, 2.75) is 44.1 Å². The fourth-order valence-electron chi connectivity index (χ4n) is 2.96. The molecule has 0 saturated heterocycles. The molecule has 0 spiro atoms. The van der Waals surface area contributed by atoms with E-state index >= 15 is 0 Å². The first-order valence-corrected chi connectivity index (χ1v) is 8.23. The third kappa shape index (κ3) is 4.72. The van der Waals surface area contributed by atoms with Crippen LogP contribution in [0.1, 0.15) is 48.9 Å². The summed E-state index contributed by atoms with van der Waals surface area (Å²) in [6.45, 7) is 0.0497. The van der Waals surface area contributed by atoms with Crippen LogP contribution in [0.15, 0.2) is 24.3 Å². The van der Waals surface area contributed by atoms with Gasteiger partial charge in [0.05, 0.1) is 25.3 Å². The molecule has 1 aromatic carbocycles. The van der Waals surface area contributed by atoms with Crippen LogP contribution in [0, 0.1) is 11.3 Å². The highest BCUT2D eigenvalue weighted by Gasteiger charge is 2.32. The van der Waals surface area contributed by atoms with E-state index in [2.05, 4.69) is 21.4 Å². The lowest BCUT2D eigenvalue weighted by molar-refractivity contribution is -0.120. The maximum atomic E-state index is 12.2. The fraction of sp³-hybridized carbons (Fsp3) is 0.500. The molecule has 0 aromatic heterocycles. The SMILES string of the molecule is COC(=O)c1cccc(NCC(=O)NC2(C#N)CCCCCC2)c1. The van der Waals surface area contributed by atoms with E-state index in [0.717, 1.165) is 25.7 Å². The van der Waals surface area contributed by atoms with Crippen LogP contribution in [-0.4, -0.2) is 31.1 Å². The number of nitriles is 1. The molecule has 1 aliphatic rings. The highest BCUT2D eigenvalue weighted by Crippen LogP contribution is 2.26. The number of anilines is 1. The first kappa shape index (κ1) is 17.8. The molecule has 0 aliphatic heterocycles. The lowest BCUT2D eigenvalue weighted by Gasteiger charge is -2.26. The topological polar surface area (TPSA) is 91.2 Å². The number of carbonyl (C=O) groups is 2. The number of ether oxygens (including phenoxy) is 1. The van der Waals surface area contributed by atoms with Crippen LogP contribution in [0.2, 0.25) is 0 Å². The van der Waals surface area contributed by atoms with Gasteiger partial charge in [0.2, 0.25) is 5.91 Å². The smallest absolute Gasteiger partial charge is 0.337 e. The number of methoxy groups -OCH3 is 1. The molecule has 1 saturated carbocycles. The van der Waals surface area contributed by atoms with Crippen molar-refractivity contribution >= 4 is 17.6 Å². The Kier molecular flexibility index (Phi) is 6.19. The minimum Gasteiger partial charge on any atom is -0.465 e. The molecule has 2 rings (SSSR count). The van der Waals surface area contributed by atoms with Gasteiger partial charge in [-0.1, -0.05) is 31.7 Å². The van der Waals surface area contributed by atoms with Crippen molar-refractivity contribution in [1.29, 1.82) is 5.26 Å². The van der Waals surface area contributed by atoms with Gasteiger partial charge >= 0.3 is 5.97 Å². The van der Waals surface area contributed by atoms with Gasteiger partial charge in [-0.15, -0.1) is 0 Å². The molecule has 24 heavy (non-hydrogen) atoms. The van der Waals surface area contributed by atoms with Gasteiger partial charge in [0.1, 0.15) is 5.54 Å². The molecule has 1 amide bonds. The van der Waals surface area contributed by atoms with Crippen molar-refractivity contribution in [1.82, 2.24) is 5.32 Å². The number of esters is 1. The van der Waals surface area contributed by atoms with E-state index in [0.29, 0.717) is 24.1 Å². The average Bonchev–Trinajstić information content (AvgIpc) is 2.85. The molecule has 6 heteroatoms. The van der Waals surface area contributed by atoms with E-state index in [1.165, 1.54) is 7.11 Å². The van der Waals surface area contributed by atoms with Crippen LogP contribution in [0.25, 0.3) is 0 Å². The number of hydrogen-bond acceptors (Lipinski definition) is 5. The Balaban J connectivity index is 1.93. The van der Waals surface area contributed by atoms with E-state index in [1.54, 1.807) is 24.3 Å². The first-order valence-electron chi connectivity index (χ1n) is 8.23. The summed E-state index contributed by atoms with van der Waals surface area (Å²) in [6.07, 6.45) is 5.54. The second kappa shape index (κ2) is 8.34. The summed E-state index contributed by atoms with van der Waals surface area (Å²) in [4.78, 5) is 23.7. The third-order valence-corrected chi connectivity index (χ3v) is 4.29. The van der Waals surface area contributed by atoms with E-state index in [1.807, 2.05) is 0 Å². The Morgan fingerprint density at radius 2 is 1.96 bits per heavy atom. The minimum atomic E-state index is -0.747. The Bertz CT molecular complexity index is 629. The van der Waals surface area contributed by atoms with Crippen molar-refractivity contribution in [3.63, 3.8) is 0 Å². The summed E-state index contributed by atoms with van der Waals surface area (Å²) >= 11 is 0. The zero-order valence-electron chi connectivity index (χ0n) is 13.9. The Morgan fingerprint density at radius 1 is 1.25 bits per heavy atom. The maximum Gasteiger partial charge on any atom is 0.337 e. The molecule has 0 atom stereocenters. The normalized spacial score (nSPS) is 16.3. The second-order valence-electron chi connectivity index (χ2n) is 6.08. The standard InChI is InChI=1S/C18H23N3O3/c1-24-17(23)14-7-6-8-15(11-14)20-12-16(22)21-18(13-19)9-4-2-3-5-10-18/h6-8,11,20H,2-5,9-10,12H2,1H3,(H,21,22). The molecule has 0 bridgehead atoms. The van der Waals surface area contributed by atoms with Crippen LogP contribution < -0.4 is 10.6 Å². The summed E-state index contributed by atoms with van der Waals surface area (Å²) in [5.41, 5.74) is 0.323. The molecule has 1 aliphatic carbocycles. The Morgan fingerprint density at radius 3 is 2.58 bits per heavy atom. The van der Waals surface area contributed by atoms with Gasteiger partial charge in [-0.3, -0.25) is 4.79 Å². The van der Waals surface area contributed by atoms with Crippen molar-refractivity contribution in [3.05, 3.63) is 29.8 Å². The van der Waals surface area contributed by atoms with Crippen LogP contribution in [0.4, 0.5) is 5.69 Å². The van der Waals surface area contributed by atoms with Gasteiger partial charge in [0, 0.05) is 5.69 Å².